The van der Waals surface area contributed by atoms with Gasteiger partial charge in [0.15, 0.2) is 11.6 Å². The van der Waals surface area contributed by atoms with Gasteiger partial charge in [0.25, 0.3) is 5.91 Å². The predicted molar refractivity (Wildman–Crippen MR) is 45.4 cm³/mol. The van der Waals surface area contributed by atoms with Crippen molar-refractivity contribution in [3.05, 3.63) is 11.5 Å². The number of imidazole rings is 1. The fourth-order valence-corrected chi connectivity index (χ4v) is 0.829. The molecule has 0 fully saturated rings. The maximum atomic E-state index is 11.1. The molecule has 0 aliphatic rings. The molecule has 0 bridgehead atoms. The van der Waals surface area contributed by atoms with Crippen LogP contribution in [0.3, 0.4) is 0 Å². The van der Waals surface area contributed by atoms with Gasteiger partial charge in [-0.05, 0) is 6.92 Å². The third kappa shape index (κ3) is 1.81. The number of amides is 1. The van der Waals surface area contributed by atoms with Gasteiger partial charge >= 0.3 is 0 Å². The number of carbonyl (C=O) groups is 1. The monoisotopic (exact) mass is 182 g/mol. The van der Waals surface area contributed by atoms with Crippen LogP contribution in [0.4, 0.5) is 5.82 Å². The maximum Gasteiger partial charge on any atom is 0.286 e. The zero-order valence-corrected chi connectivity index (χ0v) is 7.33. The van der Waals surface area contributed by atoms with E-state index >= 15 is 0 Å². The van der Waals surface area contributed by atoms with Crippen LogP contribution >= 0.6 is 0 Å². The number of aryl methyl sites for hydroxylation is 1. The van der Waals surface area contributed by atoms with E-state index in [1.807, 2.05) is 0 Å². The van der Waals surface area contributed by atoms with Gasteiger partial charge in [0, 0.05) is 7.05 Å². The molecule has 1 heterocycles. The van der Waals surface area contributed by atoms with Gasteiger partial charge in [-0.25, -0.2) is 4.98 Å². The Hall–Kier alpha value is -1.92. The molecule has 0 radical (unpaired) electrons. The van der Waals surface area contributed by atoms with E-state index in [-0.39, 0.29) is 11.7 Å². The number of nitrogens with one attached hydrogen (secondary N) is 2. The summed E-state index contributed by atoms with van der Waals surface area (Å²) in [4.78, 5) is 17.7. The zero-order chi connectivity index (χ0) is 9.84. The van der Waals surface area contributed by atoms with E-state index in [9.17, 15) is 4.79 Å². The Morgan fingerprint density at radius 3 is 2.92 bits per heavy atom. The van der Waals surface area contributed by atoms with Gasteiger partial charge in [-0.15, -0.1) is 5.11 Å². The number of rotatable bonds is 2. The van der Waals surface area contributed by atoms with E-state index in [1.54, 1.807) is 6.92 Å². The molecule has 1 aromatic rings. The van der Waals surface area contributed by atoms with Gasteiger partial charge in [-0.3, -0.25) is 4.79 Å². The van der Waals surface area contributed by atoms with Crippen LogP contribution in [0.1, 0.15) is 16.3 Å². The van der Waals surface area contributed by atoms with Crippen LogP contribution in [-0.4, -0.2) is 22.9 Å². The quantitative estimate of drug-likeness (QED) is 0.341. The van der Waals surface area contributed by atoms with E-state index in [0.29, 0.717) is 11.5 Å². The first-order chi connectivity index (χ1) is 6.19. The summed E-state index contributed by atoms with van der Waals surface area (Å²) in [5.41, 5.74) is 0.646. The summed E-state index contributed by atoms with van der Waals surface area (Å²) < 4.78 is 0. The molecule has 0 unspecified atom stereocenters. The van der Waals surface area contributed by atoms with Crippen LogP contribution in [0.25, 0.3) is 0 Å². The summed E-state index contributed by atoms with van der Waals surface area (Å²) in [5, 5.41) is 9.03. The van der Waals surface area contributed by atoms with Crippen LogP contribution in [0.15, 0.2) is 10.3 Å². The smallest absolute Gasteiger partial charge is 0.286 e. The number of carbonyl (C=O) groups excluding carboxylic acids is 1. The van der Waals surface area contributed by atoms with Crippen molar-refractivity contribution in [2.75, 3.05) is 7.05 Å². The van der Waals surface area contributed by atoms with Crippen molar-refractivity contribution in [2.45, 2.75) is 6.92 Å². The van der Waals surface area contributed by atoms with Gasteiger partial charge in [0.1, 0.15) is 0 Å². The van der Waals surface area contributed by atoms with E-state index < -0.39 is 0 Å². The molecule has 7 nitrogen and oxygen atoms in total. The lowest BCUT2D eigenvalue weighted by Gasteiger charge is -1.90. The number of hydrogen-bond donors (Lipinski definition) is 3. The third-order valence-corrected chi connectivity index (χ3v) is 1.45. The molecular formula is C6H10N6O. The summed E-state index contributed by atoms with van der Waals surface area (Å²) in [6.45, 7) is 1.73. The fraction of sp³-hybridized carbons (Fsp3) is 0.333. The highest BCUT2D eigenvalue weighted by atomic mass is 16.2. The molecule has 0 aliphatic heterocycles. The third-order valence-electron chi connectivity index (χ3n) is 1.45. The normalized spacial score (nSPS) is 10.6. The Labute approximate surface area is 74.4 Å². The summed E-state index contributed by atoms with van der Waals surface area (Å²) in [7, 11) is 1.52. The largest absolute Gasteiger partial charge is 0.352 e. The average molecular weight is 182 g/mol. The summed E-state index contributed by atoms with van der Waals surface area (Å²) in [6, 6.07) is 0. The predicted octanol–water partition coefficient (Wildman–Crippen LogP) is 0.0351. The highest BCUT2D eigenvalue weighted by Gasteiger charge is 2.11. The molecule has 0 spiro atoms. The van der Waals surface area contributed by atoms with Crippen LogP contribution in [-0.2, 0) is 0 Å². The molecule has 4 N–H and O–H groups in total. The van der Waals surface area contributed by atoms with Gasteiger partial charge in [0.2, 0.25) is 0 Å². The molecule has 0 aliphatic carbocycles. The number of aromatic nitrogens is 2. The molecule has 0 saturated heterocycles. The molecule has 7 heteroatoms. The van der Waals surface area contributed by atoms with E-state index in [4.69, 9.17) is 5.84 Å². The van der Waals surface area contributed by atoms with Crippen molar-refractivity contribution >= 4 is 11.7 Å². The van der Waals surface area contributed by atoms with Crippen molar-refractivity contribution < 1.29 is 4.79 Å². The topological polar surface area (TPSA) is 109 Å². The number of aromatic amines is 1. The number of hydrogen-bond acceptors (Lipinski definition) is 4. The molecule has 0 aromatic carbocycles. The minimum Gasteiger partial charge on any atom is -0.352 e. The Balaban J connectivity index is 3.01. The zero-order valence-electron chi connectivity index (χ0n) is 7.33. The minimum absolute atomic E-state index is 0.197. The summed E-state index contributed by atoms with van der Waals surface area (Å²) in [5.74, 6) is 5.06. The second kappa shape index (κ2) is 3.65. The SMILES string of the molecule is CNC(=O)c1nc(N=NN)c(C)[nH]1. The van der Waals surface area contributed by atoms with Crippen LogP contribution < -0.4 is 11.2 Å². The Kier molecular flexibility index (Phi) is 2.58. The van der Waals surface area contributed by atoms with Crippen molar-refractivity contribution in [1.29, 1.82) is 0 Å². The molecule has 0 atom stereocenters. The Morgan fingerprint density at radius 2 is 2.38 bits per heavy atom. The molecule has 1 aromatic heterocycles. The van der Waals surface area contributed by atoms with Crippen molar-refractivity contribution in [3.8, 4) is 0 Å². The molecule has 70 valence electrons. The van der Waals surface area contributed by atoms with E-state index in [0.717, 1.165) is 0 Å². The van der Waals surface area contributed by atoms with Crippen LogP contribution in [0.5, 0.6) is 0 Å². The molecule has 0 saturated carbocycles. The van der Waals surface area contributed by atoms with Crippen LogP contribution in [0.2, 0.25) is 0 Å². The maximum absolute atomic E-state index is 11.1. The van der Waals surface area contributed by atoms with Crippen LogP contribution in [0, 0.1) is 6.92 Å². The van der Waals surface area contributed by atoms with Gasteiger partial charge in [0.05, 0.1) is 5.69 Å². The molecule has 13 heavy (non-hydrogen) atoms. The molecule has 1 rings (SSSR count). The van der Waals surface area contributed by atoms with Gasteiger partial charge in [-0.1, -0.05) is 5.22 Å². The average Bonchev–Trinajstić information content (AvgIpc) is 2.47. The van der Waals surface area contributed by atoms with Gasteiger partial charge in [-0.2, -0.15) is 0 Å². The standard InChI is InChI=1S/C6H10N6O/c1-3-4(11-12-7)10-5(9-3)6(13)8-2/h1-2H3,(H2,7,11)(H,8,13)(H,9,10). The first-order valence-corrected chi connectivity index (χ1v) is 3.58. The summed E-state index contributed by atoms with van der Waals surface area (Å²) in [6.07, 6.45) is 0. The van der Waals surface area contributed by atoms with Crippen molar-refractivity contribution in [2.24, 2.45) is 16.2 Å². The van der Waals surface area contributed by atoms with Crippen molar-refractivity contribution in [1.82, 2.24) is 15.3 Å². The highest BCUT2D eigenvalue weighted by molar-refractivity contribution is 5.90. The minimum atomic E-state index is -0.304. The first kappa shape index (κ1) is 9.17. The first-order valence-electron chi connectivity index (χ1n) is 3.58. The van der Waals surface area contributed by atoms with E-state index in [2.05, 4.69) is 25.6 Å². The lowest BCUT2D eigenvalue weighted by Crippen LogP contribution is -2.19. The lowest BCUT2D eigenvalue weighted by atomic mass is 10.5. The Morgan fingerprint density at radius 1 is 1.69 bits per heavy atom. The second-order valence-electron chi connectivity index (χ2n) is 2.33. The number of nitrogens with two attached hydrogens (primary N) is 1. The molecular weight excluding hydrogens is 172 g/mol. The second-order valence-corrected chi connectivity index (χ2v) is 2.33. The summed E-state index contributed by atoms with van der Waals surface area (Å²) >= 11 is 0. The molecule has 1 amide bonds. The number of nitrogens with zero attached hydrogens (tertiary/aromatic N) is 3. The lowest BCUT2D eigenvalue weighted by molar-refractivity contribution is 0.0953. The van der Waals surface area contributed by atoms with E-state index in [1.165, 1.54) is 7.05 Å². The number of H-pyrrole nitrogens is 1. The Bertz CT molecular complexity index is 341. The highest BCUT2D eigenvalue weighted by Crippen LogP contribution is 2.14. The van der Waals surface area contributed by atoms with Gasteiger partial charge < -0.3 is 16.1 Å². The fourth-order valence-electron chi connectivity index (χ4n) is 0.829. The van der Waals surface area contributed by atoms with Crippen molar-refractivity contribution in [3.63, 3.8) is 0 Å².